The Bertz CT molecular complexity index is 914. The van der Waals surface area contributed by atoms with E-state index in [9.17, 15) is 4.79 Å². The molecule has 0 fully saturated rings. The zero-order valence-electron chi connectivity index (χ0n) is 13.1. The number of hydrogen-bond acceptors (Lipinski definition) is 3. The zero-order valence-corrected chi connectivity index (χ0v) is 13.9. The standard InChI is InChI=1S/C16H18N4OS/c1-10(2)20-12(8-9-17-20)15(21)18-16-19(4)14-11(3)6-5-7-13(14)22-16/h5-10H,1-4H3. The molecule has 3 aromatic rings. The maximum absolute atomic E-state index is 12.5. The predicted octanol–water partition coefficient (Wildman–Crippen LogP) is 3.07. The Kier molecular flexibility index (Phi) is 3.70. The first-order valence-electron chi connectivity index (χ1n) is 7.16. The number of amides is 1. The molecular weight excluding hydrogens is 296 g/mol. The van der Waals surface area contributed by atoms with E-state index in [1.54, 1.807) is 16.9 Å². The number of para-hydroxylation sites is 1. The van der Waals surface area contributed by atoms with Crippen LogP contribution in [0.2, 0.25) is 0 Å². The molecule has 1 aromatic carbocycles. The van der Waals surface area contributed by atoms with Gasteiger partial charge < -0.3 is 4.57 Å². The molecule has 22 heavy (non-hydrogen) atoms. The van der Waals surface area contributed by atoms with E-state index in [0.29, 0.717) is 10.5 Å². The van der Waals surface area contributed by atoms with Gasteiger partial charge in [0.25, 0.3) is 5.91 Å². The maximum Gasteiger partial charge on any atom is 0.297 e. The summed E-state index contributed by atoms with van der Waals surface area (Å²) in [4.78, 5) is 17.5. The summed E-state index contributed by atoms with van der Waals surface area (Å²) in [5.74, 6) is -0.258. The Morgan fingerprint density at radius 2 is 2.09 bits per heavy atom. The molecule has 2 aromatic heterocycles. The largest absolute Gasteiger partial charge is 0.319 e. The van der Waals surface area contributed by atoms with Gasteiger partial charge in [-0.25, -0.2) is 0 Å². The average Bonchev–Trinajstić information content (AvgIpc) is 3.05. The van der Waals surface area contributed by atoms with Crippen LogP contribution >= 0.6 is 11.3 Å². The lowest BCUT2D eigenvalue weighted by Crippen LogP contribution is -2.17. The molecule has 0 aliphatic carbocycles. The van der Waals surface area contributed by atoms with E-state index in [4.69, 9.17) is 0 Å². The van der Waals surface area contributed by atoms with Gasteiger partial charge in [0.1, 0.15) is 5.69 Å². The van der Waals surface area contributed by atoms with Crippen molar-refractivity contribution in [1.29, 1.82) is 0 Å². The second-order valence-electron chi connectivity index (χ2n) is 5.54. The van der Waals surface area contributed by atoms with Gasteiger partial charge in [-0.2, -0.15) is 10.1 Å². The van der Waals surface area contributed by atoms with Crippen LogP contribution in [0.1, 0.15) is 35.9 Å². The number of hydrogen-bond donors (Lipinski definition) is 0. The van der Waals surface area contributed by atoms with Crippen molar-refractivity contribution >= 4 is 27.5 Å². The van der Waals surface area contributed by atoms with Crippen molar-refractivity contribution in [3.63, 3.8) is 0 Å². The highest BCUT2D eigenvalue weighted by Crippen LogP contribution is 2.20. The van der Waals surface area contributed by atoms with Crippen LogP contribution in [0, 0.1) is 6.92 Å². The summed E-state index contributed by atoms with van der Waals surface area (Å²) in [6, 6.07) is 7.98. The smallest absolute Gasteiger partial charge is 0.297 e. The lowest BCUT2D eigenvalue weighted by molar-refractivity contribution is 0.0986. The van der Waals surface area contributed by atoms with E-state index >= 15 is 0 Å². The van der Waals surface area contributed by atoms with Crippen LogP contribution in [-0.2, 0) is 7.05 Å². The Balaban J connectivity index is 2.13. The Morgan fingerprint density at radius 1 is 1.32 bits per heavy atom. The minimum Gasteiger partial charge on any atom is -0.319 e. The van der Waals surface area contributed by atoms with Gasteiger partial charge in [-0.05, 0) is 38.5 Å². The highest BCUT2D eigenvalue weighted by Gasteiger charge is 2.14. The third-order valence-electron chi connectivity index (χ3n) is 3.60. The third-order valence-corrected chi connectivity index (χ3v) is 4.70. The molecule has 0 saturated carbocycles. The van der Waals surface area contributed by atoms with Crippen molar-refractivity contribution in [2.75, 3.05) is 0 Å². The Labute approximate surface area is 132 Å². The van der Waals surface area contributed by atoms with Crippen molar-refractivity contribution in [1.82, 2.24) is 14.3 Å². The van der Waals surface area contributed by atoms with E-state index < -0.39 is 0 Å². The first-order valence-corrected chi connectivity index (χ1v) is 7.98. The minimum atomic E-state index is -0.258. The molecule has 0 spiro atoms. The fraction of sp³-hybridized carbons (Fsp3) is 0.312. The molecular formula is C16H18N4OS. The SMILES string of the molecule is Cc1cccc2sc(=NC(=O)c3ccnn3C(C)C)n(C)c12. The number of aromatic nitrogens is 3. The summed E-state index contributed by atoms with van der Waals surface area (Å²) in [6.07, 6.45) is 1.64. The van der Waals surface area contributed by atoms with Crippen molar-refractivity contribution in [2.24, 2.45) is 12.0 Å². The van der Waals surface area contributed by atoms with Crippen LogP contribution in [0.25, 0.3) is 10.2 Å². The summed E-state index contributed by atoms with van der Waals surface area (Å²) in [5.41, 5.74) is 2.82. The third kappa shape index (κ3) is 2.39. The van der Waals surface area contributed by atoms with Crippen molar-refractivity contribution < 1.29 is 4.79 Å². The first kappa shape index (κ1) is 14.7. The molecule has 114 valence electrons. The summed E-state index contributed by atoms with van der Waals surface area (Å²) in [6.45, 7) is 6.05. The number of benzene rings is 1. The number of fused-ring (bicyclic) bond motifs is 1. The lowest BCUT2D eigenvalue weighted by atomic mass is 10.2. The average molecular weight is 314 g/mol. The number of thiazole rings is 1. The lowest BCUT2D eigenvalue weighted by Gasteiger charge is -2.07. The second kappa shape index (κ2) is 5.53. The van der Waals surface area contributed by atoms with Crippen LogP contribution in [0.5, 0.6) is 0 Å². The van der Waals surface area contributed by atoms with Gasteiger partial charge in [-0.15, -0.1) is 0 Å². The molecule has 3 rings (SSSR count). The first-order chi connectivity index (χ1) is 10.5. The van der Waals surface area contributed by atoms with Gasteiger partial charge in [-0.1, -0.05) is 23.5 Å². The number of carbonyl (C=O) groups is 1. The molecule has 0 aliphatic rings. The number of rotatable bonds is 2. The molecule has 0 saturated heterocycles. The summed E-state index contributed by atoms with van der Waals surface area (Å²) in [7, 11) is 1.94. The molecule has 0 bridgehead atoms. The van der Waals surface area contributed by atoms with Gasteiger partial charge in [0, 0.05) is 19.3 Å². The molecule has 0 aliphatic heterocycles. The van der Waals surface area contributed by atoms with Gasteiger partial charge in [0.05, 0.1) is 10.2 Å². The van der Waals surface area contributed by atoms with E-state index in [-0.39, 0.29) is 11.9 Å². The highest BCUT2D eigenvalue weighted by molar-refractivity contribution is 7.16. The van der Waals surface area contributed by atoms with Gasteiger partial charge in [0.15, 0.2) is 4.80 Å². The molecule has 0 N–H and O–H groups in total. The topological polar surface area (TPSA) is 52.2 Å². The van der Waals surface area contributed by atoms with Crippen molar-refractivity contribution in [3.8, 4) is 0 Å². The molecule has 0 atom stereocenters. The fourth-order valence-electron chi connectivity index (χ4n) is 2.54. The molecule has 0 unspecified atom stereocenters. The fourth-order valence-corrected chi connectivity index (χ4v) is 3.64. The van der Waals surface area contributed by atoms with Crippen molar-refractivity contribution in [3.05, 3.63) is 46.5 Å². The van der Waals surface area contributed by atoms with Gasteiger partial charge >= 0.3 is 0 Å². The summed E-state index contributed by atoms with van der Waals surface area (Å²) >= 11 is 1.52. The Hall–Kier alpha value is -2.21. The monoisotopic (exact) mass is 314 g/mol. The quantitative estimate of drug-likeness (QED) is 0.730. The van der Waals surface area contributed by atoms with Gasteiger partial charge in [0.2, 0.25) is 0 Å². The van der Waals surface area contributed by atoms with E-state index in [2.05, 4.69) is 29.1 Å². The summed E-state index contributed by atoms with van der Waals surface area (Å²) < 4.78 is 4.81. The molecule has 6 heteroatoms. The van der Waals surface area contributed by atoms with Crippen LogP contribution < -0.4 is 4.80 Å². The van der Waals surface area contributed by atoms with E-state index in [1.807, 2.05) is 31.5 Å². The predicted molar refractivity (Wildman–Crippen MR) is 88.0 cm³/mol. The van der Waals surface area contributed by atoms with Crippen LogP contribution in [0.3, 0.4) is 0 Å². The highest BCUT2D eigenvalue weighted by atomic mass is 32.1. The van der Waals surface area contributed by atoms with Crippen LogP contribution in [0.4, 0.5) is 0 Å². The van der Waals surface area contributed by atoms with E-state index in [1.165, 1.54) is 16.9 Å². The second-order valence-corrected chi connectivity index (χ2v) is 6.55. The number of carbonyl (C=O) groups excluding carboxylic acids is 1. The molecule has 1 amide bonds. The zero-order chi connectivity index (χ0) is 15.9. The maximum atomic E-state index is 12.5. The number of nitrogens with zero attached hydrogens (tertiary/aromatic N) is 4. The molecule has 5 nitrogen and oxygen atoms in total. The number of aryl methyl sites for hydroxylation is 2. The molecule has 2 heterocycles. The minimum absolute atomic E-state index is 0.127. The molecule has 0 radical (unpaired) electrons. The van der Waals surface area contributed by atoms with E-state index in [0.717, 1.165) is 10.2 Å². The summed E-state index contributed by atoms with van der Waals surface area (Å²) in [5, 5.41) is 4.19. The van der Waals surface area contributed by atoms with Crippen molar-refractivity contribution in [2.45, 2.75) is 26.8 Å². The van der Waals surface area contributed by atoms with Crippen LogP contribution in [-0.4, -0.2) is 20.3 Å². The van der Waals surface area contributed by atoms with Crippen LogP contribution in [0.15, 0.2) is 35.5 Å². The normalized spacial score (nSPS) is 12.5. The Morgan fingerprint density at radius 3 is 2.77 bits per heavy atom. The van der Waals surface area contributed by atoms with Gasteiger partial charge in [-0.3, -0.25) is 9.48 Å².